The van der Waals surface area contributed by atoms with Crippen LogP contribution in [0.4, 0.5) is 4.53 Å². The van der Waals surface area contributed by atoms with E-state index < -0.39 is 5.97 Å². The second-order valence-electron chi connectivity index (χ2n) is 7.43. The zero-order valence-corrected chi connectivity index (χ0v) is 18.2. The number of fused-ring (bicyclic) bond motifs is 3. The zero-order valence-electron chi connectivity index (χ0n) is 15.9. The Labute approximate surface area is 182 Å². The van der Waals surface area contributed by atoms with Crippen LogP contribution >= 0.6 is 35.0 Å². The van der Waals surface area contributed by atoms with E-state index in [2.05, 4.69) is 28.3 Å². The van der Waals surface area contributed by atoms with Crippen LogP contribution in [0.5, 0.6) is 0 Å². The van der Waals surface area contributed by atoms with E-state index in [4.69, 9.17) is 23.2 Å². The molecule has 0 spiro atoms. The van der Waals surface area contributed by atoms with Crippen molar-refractivity contribution in [3.8, 4) is 0 Å². The van der Waals surface area contributed by atoms with Crippen molar-refractivity contribution < 1.29 is 14.3 Å². The Morgan fingerprint density at radius 2 is 2.14 bits per heavy atom. The van der Waals surface area contributed by atoms with Crippen molar-refractivity contribution in [1.29, 1.82) is 0 Å². The number of aromatic nitrogens is 2. The number of aryl methyl sites for hydroxylation is 1. The van der Waals surface area contributed by atoms with Gasteiger partial charge in [-0.05, 0) is 36.6 Å². The lowest BCUT2D eigenvalue weighted by Gasteiger charge is -2.13. The molecule has 3 aromatic rings. The number of carbonyl (C=O) groups is 1. The van der Waals surface area contributed by atoms with Gasteiger partial charge in [-0.2, -0.15) is 0 Å². The third-order valence-corrected chi connectivity index (χ3v) is 7.09. The highest BCUT2D eigenvalue weighted by molar-refractivity contribution is 7.99. The summed E-state index contributed by atoms with van der Waals surface area (Å²) >= 11 is 13.9. The Bertz CT molecular complexity index is 1100. The number of carbonyl (C=O) groups excluding carboxylic acids is 1. The molecule has 0 saturated carbocycles. The first-order valence-electron chi connectivity index (χ1n) is 9.36. The molecule has 4 rings (SSSR count). The zero-order chi connectivity index (χ0) is 20.7. The Morgan fingerprint density at radius 1 is 1.34 bits per heavy atom. The van der Waals surface area contributed by atoms with Crippen molar-refractivity contribution in [3.63, 3.8) is 0 Å². The highest BCUT2D eigenvalue weighted by Crippen LogP contribution is 2.48. The summed E-state index contributed by atoms with van der Waals surface area (Å²) in [7, 11) is 0. The predicted octanol–water partition coefficient (Wildman–Crippen LogP) is 6.92. The Balaban J connectivity index is 1.91. The third kappa shape index (κ3) is 3.74. The van der Waals surface area contributed by atoms with Gasteiger partial charge in [-0.15, -0.1) is 0 Å². The van der Waals surface area contributed by atoms with Crippen LogP contribution in [-0.4, -0.2) is 15.5 Å². The first-order chi connectivity index (χ1) is 13.9. The molecule has 0 fully saturated rings. The SMILES string of the molecule is CC(C)c1nccc2c1c(Sc1ccc(Cl)c(Cl)c1)c1n2CCC1CC(=O)OF. The van der Waals surface area contributed by atoms with Crippen molar-refractivity contribution >= 4 is 51.8 Å². The molecule has 1 aliphatic heterocycles. The van der Waals surface area contributed by atoms with Crippen LogP contribution in [0.2, 0.25) is 10.0 Å². The molecule has 8 heteroatoms. The Morgan fingerprint density at radius 3 is 2.83 bits per heavy atom. The smallest absolute Gasteiger partial charge is 0.343 e. The minimum Gasteiger partial charge on any atom is -0.343 e. The monoisotopic (exact) mass is 452 g/mol. The minimum absolute atomic E-state index is 0.00615. The Kier molecular flexibility index (Phi) is 5.78. The molecule has 1 aliphatic rings. The first-order valence-corrected chi connectivity index (χ1v) is 10.9. The van der Waals surface area contributed by atoms with Crippen LogP contribution in [-0.2, 0) is 16.3 Å². The minimum atomic E-state index is -0.846. The van der Waals surface area contributed by atoms with Gasteiger partial charge in [0.2, 0.25) is 0 Å². The van der Waals surface area contributed by atoms with E-state index >= 15 is 0 Å². The number of hydrogen-bond donors (Lipinski definition) is 0. The summed E-state index contributed by atoms with van der Waals surface area (Å²) in [6.45, 7) is 4.98. The van der Waals surface area contributed by atoms with E-state index in [1.165, 1.54) is 0 Å². The fourth-order valence-electron chi connectivity index (χ4n) is 4.00. The van der Waals surface area contributed by atoms with Crippen LogP contribution < -0.4 is 0 Å². The number of rotatable bonds is 5. The van der Waals surface area contributed by atoms with E-state index in [9.17, 15) is 9.32 Å². The summed E-state index contributed by atoms with van der Waals surface area (Å²) in [5, 5.41) is 2.06. The molecule has 4 nitrogen and oxygen atoms in total. The lowest BCUT2D eigenvalue weighted by atomic mass is 9.99. The molecule has 0 aliphatic carbocycles. The van der Waals surface area contributed by atoms with Gasteiger partial charge >= 0.3 is 5.97 Å². The summed E-state index contributed by atoms with van der Waals surface area (Å²) in [6.07, 6.45) is 2.59. The number of pyridine rings is 1. The summed E-state index contributed by atoms with van der Waals surface area (Å²) in [5.41, 5.74) is 3.10. The van der Waals surface area contributed by atoms with Crippen LogP contribution in [0.3, 0.4) is 0 Å². The van der Waals surface area contributed by atoms with E-state index in [1.54, 1.807) is 17.8 Å². The fourth-order valence-corrected chi connectivity index (χ4v) is 5.61. The van der Waals surface area contributed by atoms with Gasteiger partial charge < -0.3 is 4.57 Å². The number of hydrogen-bond acceptors (Lipinski definition) is 4. The van der Waals surface area contributed by atoms with Crippen LogP contribution in [0.1, 0.15) is 49.9 Å². The number of benzene rings is 1. The summed E-state index contributed by atoms with van der Waals surface area (Å²) < 4.78 is 14.6. The van der Waals surface area contributed by atoms with E-state index in [-0.39, 0.29) is 18.3 Å². The summed E-state index contributed by atoms with van der Waals surface area (Å²) in [5.74, 6) is -0.735. The molecule has 0 saturated heterocycles. The van der Waals surface area contributed by atoms with Crippen LogP contribution in [0, 0.1) is 0 Å². The fraction of sp³-hybridized carbons (Fsp3) is 0.333. The van der Waals surface area contributed by atoms with Gasteiger partial charge in [0.15, 0.2) is 0 Å². The Hall–Kier alpha value is -1.76. The molecule has 0 amide bonds. The molecule has 1 unspecified atom stereocenters. The van der Waals surface area contributed by atoms with Gasteiger partial charge in [-0.25, -0.2) is 4.79 Å². The van der Waals surface area contributed by atoms with Crippen molar-refractivity contribution in [2.75, 3.05) is 0 Å². The molecule has 2 aromatic heterocycles. The maximum atomic E-state index is 12.4. The molecule has 152 valence electrons. The average molecular weight is 453 g/mol. The highest BCUT2D eigenvalue weighted by atomic mass is 35.5. The van der Waals surface area contributed by atoms with Crippen molar-refractivity contribution in [3.05, 3.63) is 51.9 Å². The molecule has 0 N–H and O–H groups in total. The third-order valence-electron chi connectivity index (χ3n) is 5.24. The molecule has 0 bridgehead atoms. The van der Waals surface area contributed by atoms with Gasteiger partial charge in [0.1, 0.15) is 0 Å². The van der Waals surface area contributed by atoms with E-state index in [0.717, 1.165) is 45.0 Å². The van der Waals surface area contributed by atoms with Gasteiger partial charge in [-0.3, -0.25) is 9.93 Å². The normalized spacial score (nSPS) is 15.9. The molecule has 29 heavy (non-hydrogen) atoms. The van der Waals surface area contributed by atoms with Crippen molar-refractivity contribution in [1.82, 2.24) is 9.55 Å². The average Bonchev–Trinajstić information content (AvgIpc) is 3.24. The lowest BCUT2D eigenvalue weighted by molar-refractivity contribution is -0.184. The molecular formula is C21H19Cl2FN2O2S. The van der Waals surface area contributed by atoms with Gasteiger partial charge in [-0.1, -0.05) is 48.8 Å². The second-order valence-corrected chi connectivity index (χ2v) is 9.33. The topological polar surface area (TPSA) is 44.1 Å². The van der Waals surface area contributed by atoms with Gasteiger partial charge in [0.25, 0.3) is 0 Å². The van der Waals surface area contributed by atoms with Gasteiger partial charge in [0.05, 0.1) is 27.7 Å². The molecule has 1 atom stereocenters. The molecule has 0 radical (unpaired) electrons. The lowest BCUT2D eigenvalue weighted by Crippen LogP contribution is -2.05. The van der Waals surface area contributed by atoms with Crippen molar-refractivity contribution in [2.24, 2.45) is 0 Å². The number of nitrogens with zero attached hydrogens (tertiary/aromatic N) is 2. The maximum Gasteiger partial charge on any atom is 0.349 e. The summed E-state index contributed by atoms with van der Waals surface area (Å²) in [6, 6.07) is 7.51. The largest absolute Gasteiger partial charge is 0.349 e. The van der Waals surface area contributed by atoms with Crippen molar-refractivity contribution in [2.45, 2.75) is 54.9 Å². The van der Waals surface area contributed by atoms with Crippen LogP contribution in [0.25, 0.3) is 10.9 Å². The molecule has 3 heterocycles. The molecule has 1 aromatic carbocycles. The first kappa shape index (κ1) is 20.5. The van der Waals surface area contributed by atoms with E-state index in [1.807, 2.05) is 24.4 Å². The predicted molar refractivity (Wildman–Crippen MR) is 114 cm³/mol. The van der Waals surface area contributed by atoms with Crippen LogP contribution in [0.15, 0.2) is 40.3 Å². The maximum absolute atomic E-state index is 12.4. The quantitative estimate of drug-likeness (QED) is 0.421. The second kappa shape index (κ2) is 8.17. The summed E-state index contributed by atoms with van der Waals surface area (Å²) in [4.78, 5) is 21.7. The van der Waals surface area contributed by atoms with E-state index in [0.29, 0.717) is 10.0 Å². The standard InChI is InChI=1S/C21H19Cl2FN2O2S/c1-11(2)19-18-16(5-7-25-19)26-8-6-12(9-17(27)28-24)20(26)21(18)29-13-3-4-14(22)15(23)10-13/h3-5,7,10-12H,6,8-9H2,1-2H3. The highest BCUT2D eigenvalue weighted by Gasteiger charge is 2.33. The number of halogens is 3. The van der Waals surface area contributed by atoms with Gasteiger partial charge in [0, 0.05) is 44.1 Å². The molecular weight excluding hydrogens is 434 g/mol.